The van der Waals surface area contributed by atoms with Gasteiger partial charge in [-0.3, -0.25) is 4.79 Å². The number of morpholine rings is 1. The van der Waals surface area contributed by atoms with Crippen LogP contribution in [0.1, 0.15) is 29.1 Å². The van der Waals surface area contributed by atoms with Crippen molar-refractivity contribution in [3.05, 3.63) is 53.0 Å². The molecule has 1 aliphatic heterocycles. The smallest absolute Gasteiger partial charge is 0.229 e. The van der Waals surface area contributed by atoms with Gasteiger partial charge in [-0.05, 0) is 51.5 Å². The molecule has 32 heavy (non-hydrogen) atoms. The lowest BCUT2D eigenvalue weighted by atomic mass is 10.1. The van der Waals surface area contributed by atoms with Crippen molar-refractivity contribution in [2.45, 2.75) is 33.6 Å². The van der Waals surface area contributed by atoms with Crippen LogP contribution < -0.4 is 15.5 Å². The first-order chi connectivity index (χ1) is 15.5. The van der Waals surface area contributed by atoms with Gasteiger partial charge in [0.05, 0.1) is 18.9 Å². The summed E-state index contributed by atoms with van der Waals surface area (Å²) in [6.07, 6.45) is 0.965. The number of hydrogen-bond donors (Lipinski definition) is 2. The van der Waals surface area contributed by atoms with Crippen molar-refractivity contribution >= 4 is 29.0 Å². The molecule has 1 aromatic carbocycles. The van der Waals surface area contributed by atoms with Gasteiger partial charge in [0.1, 0.15) is 11.6 Å². The monoisotopic (exact) mass is 436 g/mol. The van der Waals surface area contributed by atoms with Gasteiger partial charge < -0.3 is 24.8 Å². The molecule has 0 spiro atoms. The molecule has 3 aromatic rings. The molecule has 1 amide bonds. The second-order valence-corrected chi connectivity index (χ2v) is 7.84. The maximum Gasteiger partial charge on any atom is 0.229 e. The topological polar surface area (TPSA) is 105 Å². The highest BCUT2D eigenvalue weighted by molar-refractivity contribution is 5.91. The standard InChI is InChI=1S/C23H28N6O3/c1-15-14-21(29-10-12-31-13-11-29)27-23(24-15)26-19-6-4-18(5-7-19)25-22(30)9-8-20-16(2)28-32-17(20)3/h4-7,14H,8-13H2,1-3H3,(H,25,30)(H,24,26,27). The number of carbonyl (C=O) groups is 1. The van der Waals surface area contributed by atoms with Crippen molar-refractivity contribution in [1.82, 2.24) is 15.1 Å². The van der Waals surface area contributed by atoms with Gasteiger partial charge in [0, 0.05) is 48.2 Å². The molecule has 168 valence electrons. The van der Waals surface area contributed by atoms with Gasteiger partial charge in [-0.1, -0.05) is 5.16 Å². The lowest BCUT2D eigenvalue weighted by Crippen LogP contribution is -2.36. The third-order valence-corrected chi connectivity index (χ3v) is 5.38. The largest absolute Gasteiger partial charge is 0.378 e. The van der Waals surface area contributed by atoms with Crippen LogP contribution in [-0.4, -0.2) is 47.3 Å². The minimum absolute atomic E-state index is 0.0529. The van der Waals surface area contributed by atoms with Crippen LogP contribution in [0.4, 0.5) is 23.1 Å². The second kappa shape index (κ2) is 9.78. The van der Waals surface area contributed by atoms with Gasteiger partial charge in [-0.25, -0.2) is 4.98 Å². The van der Waals surface area contributed by atoms with Crippen molar-refractivity contribution in [2.75, 3.05) is 41.8 Å². The minimum atomic E-state index is -0.0529. The number of nitrogens with one attached hydrogen (secondary N) is 2. The van der Waals surface area contributed by atoms with Crippen molar-refractivity contribution in [3.8, 4) is 0 Å². The van der Waals surface area contributed by atoms with Gasteiger partial charge in [0.15, 0.2) is 0 Å². The molecule has 2 N–H and O–H groups in total. The first-order valence-electron chi connectivity index (χ1n) is 10.7. The number of benzene rings is 1. The lowest BCUT2D eigenvalue weighted by Gasteiger charge is -2.28. The Labute approximate surface area is 187 Å². The first kappa shape index (κ1) is 21.8. The Morgan fingerprint density at radius 2 is 1.78 bits per heavy atom. The van der Waals surface area contributed by atoms with Gasteiger partial charge >= 0.3 is 0 Å². The Morgan fingerprint density at radius 3 is 2.47 bits per heavy atom. The molecule has 1 saturated heterocycles. The summed E-state index contributed by atoms with van der Waals surface area (Å²) in [4.78, 5) is 23.7. The summed E-state index contributed by atoms with van der Waals surface area (Å²) in [7, 11) is 0. The van der Waals surface area contributed by atoms with E-state index in [4.69, 9.17) is 9.26 Å². The molecular weight excluding hydrogens is 408 g/mol. The predicted octanol–water partition coefficient (Wildman–Crippen LogP) is 3.54. The number of hydrogen-bond acceptors (Lipinski definition) is 8. The minimum Gasteiger partial charge on any atom is -0.378 e. The normalized spacial score (nSPS) is 13.8. The Balaban J connectivity index is 1.34. The van der Waals surface area contributed by atoms with Crippen LogP contribution in [0.3, 0.4) is 0 Å². The average Bonchev–Trinajstić information content (AvgIpc) is 3.11. The van der Waals surface area contributed by atoms with Gasteiger partial charge in [-0.15, -0.1) is 0 Å². The van der Waals surface area contributed by atoms with Crippen molar-refractivity contribution in [1.29, 1.82) is 0 Å². The Hall–Kier alpha value is -3.46. The summed E-state index contributed by atoms with van der Waals surface area (Å²) in [6, 6.07) is 9.48. The molecule has 0 aliphatic carbocycles. The van der Waals surface area contributed by atoms with E-state index < -0.39 is 0 Å². The van der Waals surface area contributed by atoms with Gasteiger partial charge in [-0.2, -0.15) is 4.98 Å². The van der Waals surface area contributed by atoms with E-state index in [0.717, 1.165) is 53.0 Å². The maximum atomic E-state index is 12.3. The molecule has 3 heterocycles. The number of carbonyl (C=O) groups excluding carboxylic acids is 1. The van der Waals surface area contributed by atoms with Crippen molar-refractivity contribution in [3.63, 3.8) is 0 Å². The van der Waals surface area contributed by atoms with Crippen LogP contribution >= 0.6 is 0 Å². The molecule has 0 unspecified atom stereocenters. The summed E-state index contributed by atoms with van der Waals surface area (Å²) >= 11 is 0. The molecule has 9 nitrogen and oxygen atoms in total. The Kier molecular flexibility index (Phi) is 6.65. The molecule has 4 rings (SSSR count). The third-order valence-electron chi connectivity index (χ3n) is 5.38. The lowest BCUT2D eigenvalue weighted by molar-refractivity contribution is -0.116. The Bertz CT molecular complexity index is 1050. The van der Waals surface area contributed by atoms with E-state index in [9.17, 15) is 4.79 Å². The molecule has 9 heteroatoms. The number of aryl methyl sites for hydroxylation is 3. The highest BCUT2D eigenvalue weighted by Crippen LogP contribution is 2.21. The van der Waals surface area contributed by atoms with E-state index in [0.29, 0.717) is 32.0 Å². The second-order valence-electron chi connectivity index (χ2n) is 7.84. The molecular formula is C23H28N6O3. The summed E-state index contributed by atoms with van der Waals surface area (Å²) in [6.45, 7) is 8.76. The highest BCUT2D eigenvalue weighted by atomic mass is 16.5. The van der Waals surface area contributed by atoms with Crippen LogP contribution in [0.25, 0.3) is 0 Å². The van der Waals surface area contributed by atoms with Crippen LogP contribution in [0, 0.1) is 20.8 Å². The quantitative estimate of drug-likeness (QED) is 0.579. The van der Waals surface area contributed by atoms with Crippen LogP contribution in [0.15, 0.2) is 34.9 Å². The van der Waals surface area contributed by atoms with E-state index in [-0.39, 0.29) is 5.91 Å². The van der Waals surface area contributed by atoms with E-state index in [1.807, 2.05) is 51.1 Å². The zero-order valence-electron chi connectivity index (χ0n) is 18.6. The predicted molar refractivity (Wildman–Crippen MR) is 122 cm³/mol. The fourth-order valence-electron chi connectivity index (χ4n) is 3.65. The summed E-state index contributed by atoms with van der Waals surface area (Å²) in [5.74, 6) is 2.15. The fraction of sp³-hybridized carbons (Fsp3) is 0.391. The molecule has 0 atom stereocenters. The van der Waals surface area contributed by atoms with Gasteiger partial charge in [0.2, 0.25) is 11.9 Å². The van der Waals surface area contributed by atoms with Crippen molar-refractivity contribution in [2.24, 2.45) is 0 Å². The van der Waals surface area contributed by atoms with Crippen LogP contribution in [0.2, 0.25) is 0 Å². The van der Waals surface area contributed by atoms with Crippen LogP contribution in [0.5, 0.6) is 0 Å². The molecule has 0 radical (unpaired) electrons. The van der Waals surface area contributed by atoms with E-state index in [1.165, 1.54) is 0 Å². The molecule has 1 aliphatic rings. The molecule has 1 fully saturated rings. The SMILES string of the molecule is Cc1cc(N2CCOCC2)nc(Nc2ccc(NC(=O)CCc3c(C)noc3C)cc2)n1. The maximum absolute atomic E-state index is 12.3. The first-order valence-corrected chi connectivity index (χ1v) is 10.7. The number of aromatic nitrogens is 3. The average molecular weight is 437 g/mol. The number of anilines is 4. The molecule has 0 saturated carbocycles. The van der Waals surface area contributed by atoms with Gasteiger partial charge in [0.25, 0.3) is 0 Å². The number of ether oxygens (including phenoxy) is 1. The number of amides is 1. The summed E-state index contributed by atoms with van der Waals surface area (Å²) in [5.41, 5.74) is 4.30. The number of rotatable bonds is 7. The zero-order valence-corrected chi connectivity index (χ0v) is 18.6. The summed E-state index contributed by atoms with van der Waals surface area (Å²) < 4.78 is 10.6. The fourth-order valence-corrected chi connectivity index (χ4v) is 3.65. The number of nitrogens with zero attached hydrogens (tertiary/aromatic N) is 4. The van der Waals surface area contributed by atoms with E-state index in [2.05, 4.69) is 30.7 Å². The van der Waals surface area contributed by atoms with E-state index in [1.54, 1.807) is 0 Å². The summed E-state index contributed by atoms with van der Waals surface area (Å²) in [5, 5.41) is 10.1. The highest BCUT2D eigenvalue weighted by Gasteiger charge is 2.15. The van der Waals surface area contributed by atoms with E-state index >= 15 is 0 Å². The van der Waals surface area contributed by atoms with Crippen molar-refractivity contribution < 1.29 is 14.1 Å². The third kappa shape index (κ3) is 5.42. The zero-order chi connectivity index (χ0) is 22.5. The molecule has 0 bridgehead atoms. The van der Waals surface area contributed by atoms with Crippen LogP contribution in [-0.2, 0) is 16.0 Å². The molecule has 2 aromatic heterocycles. The Morgan fingerprint density at radius 1 is 1.06 bits per heavy atom.